The molecule has 0 saturated carbocycles. The number of aliphatic hydroxyl groups excluding tert-OH is 1. The molecule has 4 nitrogen and oxygen atoms in total. The summed E-state index contributed by atoms with van der Waals surface area (Å²) in [5, 5.41) is 12.9. The molecule has 114 valence electrons. The molecule has 0 aliphatic heterocycles. The lowest BCUT2D eigenvalue weighted by molar-refractivity contribution is -0.0498. The van der Waals surface area contributed by atoms with Crippen LogP contribution in [0.1, 0.15) is 18.5 Å². The summed E-state index contributed by atoms with van der Waals surface area (Å²) in [7, 11) is 3.79. The molecular weight excluding hydrogens is 266 g/mol. The maximum Gasteiger partial charge on any atom is 0.387 e. The normalized spacial score (nSPS) is 14.6. The first-order valence-electron chi connectivity index (χ1n) is 6.49. The van der Waals surface area contributed by atoms with Crippen molar-refractivity contribution in [3.05, 3.63) is 29.8 Å². The predicted molar refractivity (Wildman–Crippen MR) is 74.1 cm³/mol. The van der Waals surface area contributed by atoms with Crippen LogP contribution < -0.4 is 10.1 Å². The van der Waals surface area contributed by atoms with Gasteiger partial charge in [0, 0.05) is 19.1 Å². The van der Waals surface area contributed by atoms with Crippen LogP contribution in [0.25, 0.3) is 0 Å². The van der Waals surface area contributed by atoms with Crippen molar-refractivity contribution in [1.82, 2.24) is 10.2 Å². The van der Waals surface area contributed by atoms with E-state index in [9.17, 15) is 13.9 Å². The van der Waals surface area contributed by atoms with Crippen molar-refractivity contribution in [3.63, 3.8) is 0 Å². The number of nitrogens with zero attached hydrogens (tertiary/aromatic N) is 1. The monoisotopic (exact) mass is 288 g/mol. The molecule has 0 radical (unpaired) electrons. The lowest BCUT2D eigenvalue weighted by Gasteiger charge is -2.20. The van der Waals surface area contributed by atoms with Crippen molar-refractivity contribution in [3.8, 4) is 5.75 Å². The number of rotatable bonds is 8. The zero-order valence-corrected chi connectivity index (χ0v) is 12.0. The molecule has 0 aliphatic carbocycles. The van der Waals surface area contributed by atoms with E-state index in [4.69, 9.17) is 0 Å². The third-order valence-electron chi connectivity index (χ3n) is 2.84. The highest BCUT2D eigenvalue weighted by Crippen LogP contribution is 2.19. The summed E-state index contributed by atoms with van der Waals surface area (Å²) in [5.74, 6) is 0.142. The predicted octanol–water partition coefficient (Wildman–Crippen LogP) is 1.86. The van der Waals surface area contributed by atoms with Crippen LogP contribution >= 0.6 is 0 Å². The van der Waals surface area contributed by atoms with Gasteiger partial charge < -0.3 is 20.1 Å². The minimum atomic E-state index is -2.81. The van der Waals surface area contributed by atoms with Gasteiger partial charge in [-0.1, -0.05) is 12.1 Å². The molecule has 0 heterocycles. The highest BCUT2D eigenvalue weighted by molar-refractivity contribution is 5.28. The summed E-state index contributed by atoms with van der Waals surface area (Å²) in [6.45, 7) is 0.193. The molecule has 0 fully saturated rings. The van der Waals surface area contributed by atoms with Crippen LogP contribution in [0.5, 0.6) is 5.75 Å². The number of alkyl halides is 2. The van der Waals surface area contributed by atoms with E-state index in [0.717, 1.165) is 5.56 Å². The van der Waals surface area contributed by atoms with Gasteiger partial charge in [-0.3, -0.25) is 0 Å². The second kappa shape index (κ2) is 8.14. The number of aliphatic hydroxyl groups is 1. The van der Waals surface area contributed by atoms with Crippen LogP contribution in [0, 0.1) is 0 Å². The average Bonchev–Trinajstić information content (AvgIpc) is 2.35. The Hall–Kier alpha value is -1.24. The number of benzene rings is 1. The molecule has 2 N–H and O–H groups in total. The number of hydrogen-bond donors (Lipinski definition) is 2. The molecule has 0 aromatic heterocycles. The van der Waals surface area contributed by atoms with Gasteiger partial charge in [0.2, 0.25) is 0 Å². The minimum Gasteiger partial charge on any atom is -0.435 e. The molecule has 0 aliphatic rings. The third kappa shape index (κ3) is 6.27. The molecule has 0 bridgehead atoms. The lowest BCUT2D eigenvalue weighted by atomic mass is 10.1. The van der Waals surface area contributed by atoms with E-state index < -0.39 is 12.7 Å². The molecule has 2 atom stereocenters. The third-order valence-corrected chi connectivity index (χ3v) is 2.84. The summed E-state index contributed by atoms with van der Waals surface area (Å²) in [4.78, 5) is 1.91. The van der Waals surface area contributed by atoms with E-state index in [0.29, 0.717) is 13.1 Å². The first-order valence-corrected chi connectivity index (χ1v) is 6.49. The number of halogens is 2. The maximum atomic E-state index is 12.0. The van der Waals surface area contributed by atoms with Gasteiger partial charge in [-0.25, -0.2) is 0 Å². The van der Waals surface area contributed by atoms with E-state index in [1.165, 1.54) is 12.1 Å². The van der Waals surface area contributed by atoms with Crippen LogP contribution in [-0.2, 0) is 0 Å². The molecule has 2 unspecified atom stereocenters. The lowest BCUT2D eigenvalue weighted by Crippen LogP contribution is -2.36. The first kappa shape index (κ1) is 16.8. The van der Waals surface area contributed by atoms with Gasteiger partial charge in [-0.2, -0.15) is 8.78 Å². The van der Waals surface area contributed by atoms with Crippen molar-refractivity contribution < 1.29 is 18.6 Å². The molecule has 0 spiro atoms. The van der Waals surface area contributed by atoms with Crippen LogP contribution in [0.15, 0.2) is 24.3 Å². The average molecular weight is 288 g/mol. The highest BCUT2D eigenvalue weighted by Gasteiger charge is 2.10. The fraction of sp³-hybridized carbons (Fsp3) is 0.571. The SMILES string of the molecule is CC(NCC(O)CN(C)C)c1ccc(OC(F)F)cc1. The zero-order chi connectivity index (χ0) is 15.1. The van der Waals surface area contributed by atoms with Crippen LogP contribution in [0.3, 0.4) is 0 Å². The Kier molecular flexibility index (Phi) is 6.84. The van der Waals surface area contributed by atoms with Gasteiger partial charge in [-0.05, 0) is 38.7 Å². The summed E-state index contributed by atoms with van der Waals surface area (Å²) in [6.07, 6.45) is -0.450. The first-order chi connectivity index (χ1) is 9.38. The quantitative estimate of drug-likeness (QED) is 0.766. The molecule has 1 rings (SSSR count). The maximum absolute atomic E-state index is 12.0. The molecular formula is C14H22F2N2O2. The van der Waals surface area contributed by atoms with Gasteiger partial charge in [0.15, 0.2) is 0 Å². The van der Waals surface area contributed by atoms with Crippen molar-refractivity contribution in [2.75, 3.05) is 27.2 Å². The molecule has 0 amide bonds. The molecule has 20 heavy (non-hydrogen) atoms. The Bertz CT molecular complexity index is 385. The van der Waals surface area contributed by atoms with Crippen LogP contribution in [-0.4, -0.2) is 49.9 Å². The van der Waals surface area contributed by atoms with Crippen molar-refractivity contribution in [1.29, 1.82) is 0 Å². The van der Waals surface area contributed by atoms with Crippen LogP contribution in [0.2, 0.25) is 0 Å². The zero-order valence-electron chi connectivity index (χ0n) is 12.0. The second-order valence-electron chi connectivity index (χ2n) is 4.99. The Morgan fingerprint density at radius 1 is 1.25 bits per heavy atom. The molecule has 0 saturated heterocycles. The summed E-state index contributed by atoms with van der Waals surface area (Å²) >= 11 is 0. The topological polar surface area (TPSA) is 44.7 Å². The smallest absolute Gasteiger partial charge is 0.387 e. The molecule has 6 heteroatoms. The van der Waals surface area contributed by atoms with E-state index in [2.05, 4.69) is 10.1 Å². The Balaban J connectivity index is 2.45. The minimum absolute atomic E-state index is 0.0208. The van der Waals surface area contributed by atoms with Crippen molar-refractivity contribution in [2.24, 2.45) is 0 Å². The summed E-state index contributed by atoms with van der Waals surface area (Å²) in [6, 6.07) is 6.50. The molecule has 1 aromatic rings. The van der Waals surface area contributed by atoms with Gasteiger partial charge in [0.05, 0.1) is 6.10 Å². The van der Waals surface area contributed by atoms with Gasteiger partial charge in [-0.15, -0.1) is 0 Å². The summed E-state index contributed by atoms with van der Waals surface area (Å²) < 4.78 is 28.3. The van der Waals surface area contributed by atoms with Crippen molar-refractivity contribution >= 4 is 0 Å². The molecule has 1 aromatic carbocycles. The van der Waals surface area contributed by atoms with Gasteiger partial charge >= 0.3 is 6.61 Å². The number of hydrogen-bond acceptors (Lipinski definition) is 4. The van der Waals surface area contributed by atoms with E-state index in [1.54, 1.807) is 12.1 Å². The fourth-order valence-corrected chi connectivity index (χ4v) is 1.85. The van der Waals surface area contributed by atoms with E-state index >= 15 is 0 Å². The second-order valence-corrected chi connectivity index (χ2v) is 4.99. The summed E-state index contributed by atoms with van der Waals surface area (Å²) in [5.41, 5.74) is 0.948. The van der Waals surface area contributed by atoms with Crippen LogP contribution in [0.4, 0.5) is 8.78 Å². The Morgan fingerprint density at radius 2 is 1.85 bits per heavy atom. The number of ether oxygens (including phenoxy) is 1. The van der Waals surface area contributed by atoms with Gasteiger partial charge in [0.25, 0.3) is 0 Å². The standard InChI is InChI=1S/C14H22F2N2O2/c1-10(17-8-12(19)9-18(2)3)11-4-6-13(7-5-11)20-14(15)16/h4-7,10,12,14,17,19H,8-9H2,1-3H3. The van der Waals surface area contributed by atoms with Crippen molar-refractivity contribution in [2.45, 2.75) is 25.7 Å². The highest BCUT2D eigenvalue weighted by atomic mass is 19.3. The van der Waals surface area contributed by atoms with E-state index in [-0.39, 0.29) is 11.8 Å². The number of likely N-dealkylation sites (N-methyl/N-ethyl adjacent to an activating group) is 1. The van der Waals surface area contributed by atoms with Gasteiger partial charge in [0.1, 0.15) is 5.75 Å². The number of nitrogens with one attached hydrogen (secondary N) is 1. The Morgan fingerprint density at radius 3 is 2.35 bits per heavy atom. The Labute approximate surface area is 118 Å². The largest absolute Gasteiger partial charge is 0.435 e. The fourth-order valence-electron chi connectivity index (χ4n) is 1.85. The van der Waals surface area contributed by atoms with E-state index in [1.807, 2.05) is 25.9 Å².